The SMILES string of the molecule is CC(C)N1CCN(Cc2ccc(-c3cc(NS(=O)(=O)c4cc(Cl)cnc4N(C)C)ccn3)c(F)c2)CC1. The first-order valence-corrected chi connectivity index (χ1v) is 14.0. The normalized spacial score (nSPS) is 15.2. The Morgan fingerprint density at radius 1 is 1.08 bits per heavy atom. The molecule has 0 radical (unpaired) electrons. The molecule has 0 amide bonds. The van der Waals surface area contributed by atoms with Crippen molar-refractivity contribution in [3.8, 4) is 11.3 Å². The molecule has 0 saturated carbocycles. The Hall–Kier alpha value is -2.79. The van der Waals surface area contributed by atoms with Gasteiger partial charge in [-0.2, -0.15) is 0 Å². The van der Waals surface area contributed by atoms with E-state index in [2.05, 4.69) is 38.3 Å². The highest BCUT2D eigenvalue weighted by Gasteiger charge is 2.23. The summed E-state index contributed by atoms with van der Waals surface area (Å²) >= 11 is 6.02. The van der Waals surface area contributed by atoms with Crippen molar-refractivity contribution in [1.82, 2.24) is 19.8 Å². The molecular formula is C26H32ClFN6O2S. The van der Waals surface area contributed by atoms with Gasteiger partial charge in [0.25, 0.3) is 10.0 Å². The summed E-state index contributed by atoms with van der Waals surface area (Å²) in [5.74, 6) is -0.154. The van der Waals surface area contributed by atoms with E-state index in [0.29, 0.717) is 23.8 Å². The number of anilines is 2. The van der Waals surface area contributed by atoms with Crippen LogP contribution in [0.1, 0.15) is 19.4 Å². The fraction of sp³-hybridized carbons (Fsp3) is 0.385. The number of nitrogens with one attached hydrogen (secondary N) is 1. The lowest BCUT2D eigenvalue weighted by molar-refractivity contribution is 0.104. The van der Waals surface area contributed by atoms with Gasteiger partial charge in [-0.1, -0.05) is 17.7 Å². The standard InChI is InChI=1S/C26H32ClFN6O2S/c1-18(2)34-11-9-33(10-12-34)17-19-5-6-22(23(28)13-19)24-15-21(7-8-29-24)31-37(35,36)25-14-20(27)16-30-26(25)32(3)4/h5-8,13-16,18H,9-12,17H2,1-4H3,(H,29,31). The molecule has 37 heavy (non-hydrogen) atoms. The molecule has 8 nitrogen and oxygen atoms in total. The maximum absolute atomic E-state index is 15.1. The van der Waals surface area contributed by atoms with Crippen molar-refractivity contribution in [3.05, 3.63) is 65.2 Å². The summed E-state index contributed by atoms with van der Waals surface area (Å²) in [7, 11) is -0.638. The number of pyridine rings is 2. The van der Waals surface area contributed by atoms with E-state index in [1.165, 1.54) is 36.7 Å². The van der Waals surface area contributed by atoms with E-state index < -0.39 is 15.8 Å². The van der Waals surface area contributed by atoms with Crippen LogP contribution in [0.25, 0.3) is 11.3 Å². The average molecular weight is 547 g/mol. The zero-order valence-corrected chi connectivity index (χ0v) is 23.0. The highest BCUT2D eigenvalue weighted by Crippen LogP contribution is 2.29. The van der Waals surface area contributed by atoms with Crippen LogP contribution in [-0.2, 0) is 16.6 Å². The van der Waals surface area contributed by atoms with Crippen LogP contribution in [0.2, 0.25) is 5.02 Å². The van der Waals surface area contributed by atoms with Gasteiger partial charge in [0.2, 0.25) is 0 Å². The molecule has 2 aromatic heterocycles. The summed E-state index contributed by atoms with van der Waals surface area (Å²) in [5.41, 5.74) is 1.77. The van der Waals surface area contributed by atoms with Gasteiger partial charge in [-0.05, 0) is 49.7 Å². The van der Waals surface area contributed by atoms with Crippen molar-refractivity contribution in [3.63, 3.8) is 0 Å². The molecule has 0 atom stereocenters. The van der Waals surface area contributed by atoms with Crippen LogP contribution in [0.3, 0.4) is 0 Å². The van der Waals surface area contributed by atoms with Crippen molar-refractivity contribution < 1.29 is 12.8 Å². The third-order valence-corrected chi connectivity index (χ3v) is 7.97. The summed E-state index contributed by atoms with van der Waals surface area (Å²) in [6.07, 6.45) is 2.83. The lowest BCUT2D eigenvalue weighted by Gasteiger charge is -2.36. The molecule has 11 heteroatoms. The van der Waals surface area contributed by atoms with Gasteiger partial charge in [-0.15, -0.1) is 0 Å². The van der Waals surface area contributed by atoms with Crippen LogP contribution in [-0.4, -0.2) is 74.5 Å². The predicted octanol–water partition coefficient (Wildman–Crippen LogP) is 4.33. The van der Waals surface area contributed by atoms with E-state index in [9.17, 15) is 8.42 Å². The van der Waals surface area contributed by atoms with Crippen LogP contribution >= 0.6 is 11.6 Å². The van der Waals surface area contributed by atoms with Crippen LogP contribution in [0, 0.1) is 5.82 Å². The number of hydrogen-bond donors (Lipinski definition) is 1. The van der Waals surface area contributed by atoms with Crippen LogP contribution < -0.4 is 9.62 Å². The Balaban J connectivity index is 1.51. The topological polar surface area (TPSA) is 81.7 Å². The van der Waals surface area contributed by atoms with E-state index >= 15 is 4.39 Å². The van der Waals surface area contributed by atoms with Crippen molar-refractivity contribution in [2.45, 2.75) is 31.3 Å². The molecule has 0 bridgehead atoms. The Morgan fingerprint density at radius 2 is 1.81 bits per heavy atom. The van der Waals surface area contributed by atoms with Gasteiger partial charge in [0.15, 0.2) is 0 Å². The molecule has 3 heterocycles. The van der Waals surface area contributed by atoms with Gasteiger partial charge in [-0.3, -0.25) is 19.5 Å². The van der Waals surface area contributed by atoms with Gasteiger partial charge in [0.1, 0.15) is 16.5 Å². The highest BCUT2D eigenvalue weighted by atomic mass is 35.5. The van der Waals surface area contributed by atoms with E-state index in [-0.39, 0.29) is 21.4 Å². The number of hydrogen-bond acceptors (Lipinski definition) is 7. The van der Waals surface area contributed by atoms with Gasteiger partial charge in [0, 0.05) is 70.8 Å². The second-order valence-corrected chi connectivity index (χ2v) is 11.7. The Kier molecular flexibility index (Phi) is 8.33. The molecule has 198 valence electrons. The van der Waals surface area contributed by atoms with Gasteiger partial charge in [-0.25, -0.2) is 17.8 Å². The van der Waals surface area contributed by atoms with Crippen molar-refractivity contribution >= 4 is 33.1 Å². The van der Waals surface area contributed by atoms with E-state index in [4.69, 9.17) is 11.6 Å². The van der Waals surface area contributed by atoms with E-state index in [1.807, 2.05) is 6.07 Å². The first-order chi connectivity index (χ1) is 17.5. The Morgan fingerprint density at radius 3 is 2.46 bits per heavy atom. The highest BCUT2D eigenvalue weighted by molar-refractivity contribution is 7.92. The number of halogens is 2. The molecule has 1 N–H and O–H groups in total. The third kappa shape index (κ3) is 6.56. The largest absolute Gasteiger partial charge is 0.362 e. The number of benzene rings is 1. The third-order valence-electron chi connectivity index (χ3n) is 6.38. The summed E-state index contributed by atoms with van der Waals surface area (Å²) in [4.78, 5) is 14.7. The first kappa shape index (κ1) is 27.3. The quantitative estimate of drug-likeness (QED) is 0.450. The second-order valence-electron chi connectivity index (χ2n) is 9.63. The number of nitrogens with zero attached hydrogens (tertiary/aromatic N) is 5. The minimum Gasteiger partial charge on any atom is -0.362 e. The monoisotopic (exact) mass is 546 g/mol. The van der Waals surface area contributed by atoms with Crippen LogP contribution in [0.4, 0.5) is 15.9 Å². The van der Waals surface area contributed by atoms with Gasteiger partial charge >= 0.3 is 0 Å². The maximum atomic E-state index is 15.1. The molecule has 1 saturated heterocycles. The number of piperazine rings is 1. The average Bonchev–Trinajstić information content (AvgIpc) is 2.84. The Bertz CT molecular complexity index is 1360. The summed E-state index contributed by atoms with van der Waals surface area (Å²) in [6.45, 7) is 8.99. The number of rotatable bonds is 8. The summed E-state index contributed by atoms with van der Waals surface area (Å²) in [6, 6.07) is 10.0. The number of sulfonamides is 1. The molecule has 0 spiro atoms. The predicted molar refractivity (Wildman–Crippen MR) is 146 cm³/mol. The smallest absolute Gasteiger partial charge is 0.265 e. The molecule has 4 rings (SSSR count). The van der Waals surface area contributed by atoms with Crippen molar-refractivity contribution in [2.75, 3.05) is 49.9 Å². The second kappa shape index (κ2) is 11.3. The molecular weight excluding hydrogens is 515 g/mol. The lowest BCUT2D eigenvalue weighted by Crippen LogP contribution is -2.48. The van der Waals surface area contributed by atoms with Crippen molar-refractivity contribution in [2.24, 2.45) is 0 Å². The minimum absolute atomic E-state index is 0.0619. The fourth-order valence-corrected chi connectivity index (χ4v) is 5.89. The number of aromatic nitrogens is 2. The molecule has 1 aromatic carbocycles. The zero-order chi connectivity index (χ0) is 26.7. The van der Waals surface area contributed by atoms with Gasteiger partial charge < -0.3 is 4.90 Å². The molecule has 0 aliphatic carbocycles. The zero-order valence-electron chi connectivity index (χ0n) is 21.4. The molecule has 0 unspecified atom stereocenters. The van der Waals surface area contributed by atoms with Crippen LogP contribution in [0.15, 0.2) is 53.7 Å². The van der Waals surface area contributed by atoms with Crippen molar-refractivity contribution in [1.29, 1.82) is 0 Å². The van der Waals surface area contributed by atoms with E-state index in [0.717, 1.165) is 31.7 Å². The molecule has 1 aliphatic heterocycles. The summed E-state index contributed by atoms with van der Waals surface area (Å²) in [5, 5.41) is 0.199. The molecule has 1 aliphatic rings. The fourth-order valence-electron chi connectivity index (χ4n) is 4.36. The lowest BCUT2D eigenvalue weighted by atomic mass is 10.1. The van der Waals surface area contributed by atoms with Gasteiger partial charge in [0.05, 0.1) is 16.4 Å². The Labute approximate surface area is 223 Å². The maximum Gasteiger partial charge on any atom is 0.265 e. The minimum atomic E-state index is -4.02. The summed E-state index contributed by atoms with van der Waals surface area (Å²) < 4.78 is 44.0. The first-order valence-electron chi connectivity index (χ1n) is 12.1. The van der Waals surface area contributed by atoms with Crippen LogP contribution in [0.5, 0.6) is 0 Å². The molecule has 1 fully saturated rings. The van der Waals surface area contributed by atoms with E-state index in [1.54, 1.807) is 25.1 Å². The molecule has 3 aromatic rings.